The molecule has 0 bridgehead atoms. The molecule has 1 aliphatic heterocycles. The van der Waals surface area contributed by atoms with Crippen molar-refractivity contribution >= 4 is 29.0 Å². The quantitative estimate of drug-likeness (QED) is 0.406. The van der Waals surface area contributed by atoms with Crippen molar-refractivity contribution in [2.75, 3.05) is 11.9 Å². The maximum Gasteiger partial charge on any atom is 0.228 e. The molecule has 5 aromatic heterocycles. The number of ether oxygens (including phenoxy) is 2. The minimum Gasteiger partial charge on any atom is -0.481 e. The summed E-state index contributed by atoms with van der Waals surface area (Å²) in [6, 6.07) is 9.22. The van der Waals surface area contributed by atoms with Crippen molar-refractivity contribution in [2.24, 2.45) is 7.05 Å². The van der Waals surface area contributed by atoms with Crippen LogP contribution in [0, 0.1) is 0 Å². The number of halogens is 1. The molecule has 11 nitrogen and oxygen atoms in total. The van der Waals surface area contributed by atoms with E-state index in [0.29, 0.717) is 52.8 Å². The van der Waals surface area contributed by atoms with Crippen molar-refractivity contribution in [2.45, 2.75) is 12.5 Å². The fourth-order valence-electron chi connectivity index (χ4n) is 3.79. The number of hydrogen-bond acceptors (Lipinski definition) is 9. The van der Waals surface area contributed by atoms with Crippen LogP contribution in [0.3, 0.4) is 0 Å². The molecule has 5 aromatic rings. The van der Waals surface area contributed by atoms with E-state index < -0.39 is 0 Å². The number of anilines is 2. The molecule has 1 unspecified atom stereocenters. The van der Waals surface area contributed by atoms with Gasteiger partial charge in [-0.15, -0.1) is 10.2 Å². The Bertz CT molecular complexity index is 1500. The summed E-state index contributed by atoms with van der Waals surface area (Å²) in [6.45, 7) is 0.442. The number of nitrogens with zero attached hydrogens (tertiary/aromatic N) is 8. The van der Waals surface area contributed by atoms with Crippen LogP contribution < -0.4 is 14.8 Å². The van der Waals surface area contributed by atoms with E-state index in [-0.39, 0.29) is 6.10 Å². The monoisotopic (exact) mass is 475 g/mol. The number of pyridine rings is 2. The lowest BCUT2D eigenvalue weighted by Gasteiger charge is -2.15. The van der Waals surface area contributed by atoms with E-state index in [2.05, 4.69) is 35.6 Å². The third kappa shape index (κ3) is 3.75. The largest absolute Gasteiger partial charge is 0.481 e. The normalized spacial score (nSPS) is 15.1. The van der Waals surface area contributed by atoms with Crippen LogP contribution >= 0.6 is 11.6 Å². The van der Waals surface area contributed by atoms with Gasteiger partial charge < -0.3 is 14.8 Å². The zero-order valence-corrected chi connectivity index (χ0v) is 18.7. The predicted molar refractivity (Wildman–Crippen MR) is 123 cm³/mol. The molecular formula is C22H18ClN9O2. The second-order valence-electron chi connectivity index (χ2n) is 7.65. The van der Waals surface area contributed by atoms with E-state index in [1.54, 1.807) is 35.5 Å². The Balaban J connectivity index is 1.34. The highest BCUT2D eigenvalue weighted by atomic mass is 35.5. The van der Waals surface area contributed by atoms with Crippen molar-refractivity contribution in [3.63, 3.8) is 0 Å². The van der Waals surface area contributed by atoms with Gasteiger partial charge in [0.05, 0.1) is 29.7 Å². The summed E-state index contributed by atoms with van der Waals surface area (Å²) in [5, 5.41) is 16.6. The molecule has 1 atom stereocenters. The maximum absolute atomic E-state index is 6.13. The van der Waals surface area contributed by atoms with Gasteiger partial charge in [-0.2, -0.15) is 5.10 Å². The first kappa shape index (κ1) is 20.4. The van der Waals surface area contributed by atoms with E-state index in [1.807, 2.05) is 35.7 Å². The van der Waals surface area contributed by atoms with Crippen LogP contribution in [0.5, 0.6) is 11.6 Å². The molecule has 6 rings (SSSR count). The Hall–Kier alpha value is -4.25. The number of rotatable bonds is 5. The molecule has 0 spiro atoms. The van der Waals surface area contributed by atoms with Crippen molar-refractivity contribution in [3.05, 3.63) is 66.0 Å². The number of aromatic nitrogens is 8. The van der Waals surface area contributed by atoms with E-state index in [9.17, 15) is 0 Å². The fourth-order valence-corrected chi connectivity index (χ4v) is 3.96. The molecule has 0 amide bonds. The fraction of sp³-hybridized carbons (Fsp3) is 0.182. The molecule has 12 heteroatoms. The second-order valence-corrected chi connectivity index (χ2v) is 8.08. The highest BCUT2D eigenvalue weighted by Gasteiger charge is 2.26. The highest BCUT2D eigenvalue weighted by molar-refractivity contribution is 6.30. The van der Waals surface area contributed by atoms with Crippen LogP contribution in [0.2, 0.25) is 5.02 Å². The van der Waals surface area contributed by atoms with Gasteiger partial charge in [0, 0.05) is 49.6 Å². The van der Waals surface area contributed by atoms with Crippen LogP contribution in [-0.4, -0.2) is 45.9 Å². The molecule has 34 heavy (non-hydrogen) atoms. The molecule has 6 heterocycles. The smallest absolute Gasteiger partial charge is 0.228 e. The van der Waals surface area contributed by atoms with Crippen molar-refractivity contribution in [1.82, 2.24) is 39.3 Å². The first-order valence-electron chi connectivity index (χ1n) is 10.5. The number of hydrogen-bond donors (Lipinski definition) is 1. The van der Waals surface area contributed by atoms with Crippen molar-refractivity contribution in [3.8, 4) is 22.9 Å². The lowest BCUT2D eigenvalue weighted by atomic mass is 10.2. The van der Waals surface area contributed by atoms with Gasteiger partial charge in [0.15, 0.2) is 17.6 Å². The third-order valence-corrected chi connectivity index (χ3v) is 5.59. The summed E-state index contributed by atoms with van der Waals surface area (Å²) in [7, 11) is 1.84. The summed E-state index contributed by atoms with van der Waals surface area (Å²) in [4.78, 5) is 13.0. The molecule has 0 saturated heterocycles. The van der Waals surface area contributed by atoms with Crippen molar-refractivity contribution in [1.29, 1.82) is 0 Å². The van der Waals surface area contributed by atoms with Gasteiger partial charge in [-0.1, -0.05) is 11.6 Å². The molecule has 170 valence electrons. The molecule has 0 fully saturated rings. The first-order chi connectivity index (χ1) is 16.6. The van der Waals surface area contributed by atoms with E-state index in [0.717, 1.165) is 11.4 Å². The topological polar surface area (TPSA) is 117 Å². The van der Waals surface area contributed by atoms with Crippen LogP contribution in [0.25, 0.3) is 16.9 Å². The Morgan fingerprint density at radius 3 is 2.94 bits per heavy atom. The van der Waals surface area contributed by atoms with Crippen LogP contribution in [0.15, 0.2) is 55.1 Å². The van der Waals surface area contributed by atoms with Crippen LogP contribution in [0.1, 0.15) is 18.3 Å². The molecule has 1 N–H and O–H groups in total. The Morgan fingerprint density at radius 2 is 2.09 bits per heavy atom. The second kappa shape index (κ2) is 8.27. The Labute approximate surface area is 198 Å². The summed E-state index contributed by atoms with van der Waals surface area (Å²) in [5.41, 5.74) is 2.17. The Morgan fingerprint density at radius 1 is 1.15 bits per heavy atom. The molecule has 0 aromatic carbocycles. The molecular weight excluding hydrogens is 458 g/mol. The molecule has 0 saturated carbocycles. The zero-order chi connectivity index (χ0) is 23.1. The average Bonchev–Trinajstić information content (AvgIpc) is 3.40. The predicted octanol–water partition coefficient (Wildman–Crippen LogP) is 3.61. The summed E-state index contributed by atoms with van der Waals surface area (Å²) >= 11 is 6.05. The van der Waals surface area contributed by atoms with Crippen LogP contribution in [0.4, 0.5) is 11.8 Å². The zero-order valence-electron chi connectivity index (χ0n) is 18.0. The SMILES string of the molecule is Cn1nccc1Nc1nccc(-c2cc3n4c(nnc4c2)C(Oc2cncc(Cl)c2)CCO3)n1. The van der Waals surface area contributed by atoms with Gasteiger partial charge >= 0.3 is 0 Å². The average molecular weight is 476 g/mol. The van der Waals surface area contributed by atoms with Crippen molar-refractivity contribution < 1.29 is 9.47 Å². The minimum absolute atomic E-state index is 0.365. The molecule has 0 radical (unpaired) electrons. The first-order valence-corrected chi connectivity index (χ1v) is 10.9. The Kier molecular flexibility index (Phi) is 4.95. The highest BCUT2D eigenvalue weighted by Crippen LogP contribution is 2.33. The van der Waals surface area contributed by atoms with Crippen LogP contribution in [-0.2, 0) is 7.05 Å². The summed E-state index contributed by atoms with van der Waals surface area (Å²) in [6.07, 6.45) is 6.80. The van der Waals surface area contributed by atoms with Gasteiger partial charge in [0.2, 0.25) is 11.8 Å². The maximum atomic E-state index is 6.13. The third-order valence-electron chi connectivity index (χ3n) is 5.39. The lowest BCUT2D eigenvalue weighted by molar-refractivity contribution is 0.165. The number of aryl methyl sites for hydroxylation is 1. The minimum atomic E-state index is -0.365. The molecule has 0 aliphatic carbocycles. The summed E-state index contributed by atoms with van der Waals surface area (Å²) in [5.74, 6) is 3.06. The van der Waals surface area contributed by atoms with Gasteiger partial charge in [-0.25, -0.2) is 14.4 Å². The molecule has 1 aliphatic rings. The standard InChI is InChI=1S/C22H18ClN9O2/c1-31-18(3-6-26-31)28-22-25-5-2-16(27-22)13-8-19-29-30-21-17(4-7-33-20(9-13)32(19)21)34-15-10-14(23)11-24-12-15/h2-3,5-6,8-12,17H,4,7H2,1H3,(H,25,27,28). The van der Waals surface area contributed by atoms with E-state index in [4.69, 9.17) is 21.1 Å². The van der Waals surface area contributed by atoms with E-state index in [1.165, 1.54) is 0 Å². The van der Waals surface area contributed by atoms with Gasteiger partial charge in [-0.3, -0.25) is 9.67 Å². The number of nitrogens with one attached hydrogen (secondary N) is 1. The van der Waals surface area contributed by atoms with Gasteiger partial charge in [0.1, 0.15) is 11.6 Å². The summed E-state index contributed by atoms with van der Waals surface area (Å²) < 4.78 is 15.7. The lowest BCUT2D eigenvalue weighted by Crippen LogP contribution is -2.12. The van der Waals surface area contributed by atoms with Gasteiger partial charge in [0.25, 0.3) is 0 Å². The van der Waals surface area contributed by atoms with Gasteiger partial charge in [-0.05, 0) is 12.1 Å². The van der Waals surface area contributed by atoms with E-state index >= 15 is 0 Å².